The maximum atomic E-state index is 11.1. The highest BCUT2D eigenvalue weighted by Crippen LogP contribution is 2.29. The van der Waals surface area contributed by atoms with Gasteiger partial charge in [0.1, 0.15) is 30.3 Å². The lowest BCUT2D eigenvalue weighted by molar-refractivity contribution is -0.221. The summed E-state index contributed by atoms with van der Waals surface area (Å²) in [5, 5.41) is 49.8. The second kappa shape index (κ2) is 6.95. The molecular weight excluding hydrogens is 274 g/mol. The molecule has 6 N–H and O–H groups in total. The Kier molecular flexibility index (Phi) is 5.84. The SMILES string of the molecule is CC(=O)NCCO[C@H]1[C@H](O)[C@@H](O)[C@@H](O)[C@H](O)[C@@H]1C(=O)O. The van der Waals surface area contributed by atoms with Crippen molar-refractivity contribution in [2.24, 2.45) is 5.92 Å². The maximum Gasteiger partial charge on any atom is 0.312 e. The zero-order valence-corrected chi connectivity index (χ0v) is 10.8. The minimum absolute atomic E-state index is 0.0830. The molecule has 0 aromatic carbocycles. The summed E-state index contributed by atoms with van der Waals surface area (Å²) in [5.74, 6) is -3.35. The van der Waals surface area contributed by atoms with Crippen molar-refractivity contribution in [1.82, 2.24) is 5.32 Å². The molecule has 1 aliphatic rings. The van der Waals surface area contributed by atoms with E-state index >= 15 is 0 Å². The minimum atomic E-state index is -1.78. The van der Waals surface area contributed by atoms with Gasteiger partial charge >= 0.3 is 5.97 Å². The normalized spacial score (nSPS) is 37.5. The number of ether oxygens (including phenoxy) is 1. The number of rotatable bonds is 5. The summed E-state index contributed by atoms with van der Waals surface area (Å²) in [5.41, 5.74) is 0. The van der Waals surface area contributed by atoms with Gasteiger partial charge in [-0.25, -0.2) is 0 Å². The predicted octanol–water partition coefficient (Wildman–Crippen LogP) is -3.33. The molecule has 9 nitrogen and oxygen atoms in total. The van der Waals surface area contributed by atoms with Crippen LogP contribution < -0.4 is 5.32 Å². The van der Waals surface area contributed by atoms with Crippen molar-refractivity contribution in [3.63, 3.8) is 0 Å². The predicted molar refractivity (Wildman–Crippen MR) is 63.6 cm³/mol. The van der Waals surface area contributed by atoms with Crippen molar-refractivity contribution in [3.8, 4) is 0 Å². The molecule has 0 aromatic rings. The van der Waals surface area contributed by atoms with E-state index in [0.29, 0.717) is 0 Å². The number of aliphatic hydroxyl groups excluding tert-OH is 4. The summed E-state index contributed by atoms with van der Waals surface area (Å²) in [6.07, 6.45) is -8.31. The number of aliphatic carboxylic acids is 1. The number of carbonyl (C=O) groups is 2. The Bertz CT molecular complexity index is 362. The molecule has 0 unspecified atom stereocenters. The molecule has 1 amide bonds. The van der Waals surface area contributed by atoms with Crippen LogP contribution >= 0.6 is 0 Å². The number of hydrogen-bond donors (Lipinski definition) is 6. The second-order valence-corrected chi connectivity index (χ2v) is 4.64. The molecule has 0 heterocycles. The molecule has 0 saturated heterocycles. The van der Waals surface area contributed by atoms with E-state index in [-0.39, 0.29) is 19.1 Å². The molecule has 0 aromatic heterocycles. The summed E-state index contributed by atoms with van der Waals surface area (Å²) in [6.45, 7) is 1.26. The van der Waals surface area contributed by atoms with Crippen LogP contribution in [0.5, 0.6) is 0 Å². The lowest BCUT2D eigenvalue weighted by Gasteiger charge is -2.42. The van der Waals surface area contributed by atoms with E-state index in [1.54, 1.807) is 0 Å². The zero-order valence-electron chi connectivity index (χ0n) is 10.8. The number of amides is 1. The quantitative estimate of drug-likeness (QED) is 0.287. The van der Waals surface area contributed by atoms with Crippen molar-refractivity contribution >= 4 is 11.9 Å². The third kappa shape index (κ3) is 3.64. The van der Waals surface area contributed by atoms with E-state index in [0.717, 1.165) is 0 Å². The van der Waals surface area contributed by atoms with Crippen molar-refractivity contribution in [1.29, 1.82) is 0 Å². The van der Waals surface area contributed by atoms with E-state index in [1.807, 2.05) is 0 Å². The Balaban J connectivity index is 2.72. The molecule has 20 heavy (non-hydrogen) atoms. The van der Waals surface area contributed by atoms with Crippen molar-refractivity contribution in [2.45, 2.75) is 37.4 Å². The van der Waals surface area contributed by atoms with Crippen LogP contribution in [0.3, 0.4) is 0 Å². The van der Waals surface area contributed by atoms with Crippen LogP contribution in [-0.2, 0) is 14.3 Å². The van der Waals surface area contributed by atoms with E-state index in [9.17, 15) is 30.0 Å². The van der Waals surface area contributed by atoms with E-state index in [2.05, 4.69) is 5.32 Å². The molecule has 116 valence electrons. The zero-order chi connectivity index (χ0) is 15.4. The topological polar surface area (TPSA) is 157 Å². The fourth-order valence-corrected chi connectivity index (χ4v) is 2.13. The molecule has 1 aliphatic carbocycles. The number of aliphatic hydroxyl groups is 4. The van der Waals surface area contributed by atoms with E-state index in [1.165, 1.54) is 6.92 Å². The first-order valence-corrected chi connectivity index (χ1v) is 6.08. The molecule has 0 bridgehead atoms. The Morgan fingerprint density at radius 1 is 1.05 bits per heavy atom. The first kappa shape index (κ1) is 16.8. The highest BCUT2D eigenvalue weighted by atomic mass is 16.5. The molecule has 0 aliphatic heterocycles. The average Bonchev–Trinajstić information content (AvgIpc) is 2.36. The fraction of sp³-hybridized carbons (Fsp3) is 0.818. The number of carboxylic acid groups (broad SMARTS) is 1. The highest BCUT2D eigenvalue weighted by Gasteiger charge is 2.52. The monoisotopic (exact) mass is 293 g/mol. The first-order valence-electron chi connectivity index (χ1n) is 6.08. The number of nitrogens with one attached hydrogen (secondary N) is 1. The van der Waals surface area contributed by atoms with Gasteiger partial charge in [-0.15, -0.1) is 0 Å². The van der Waals surface area contributed by atoms with Crippen molar-refractivity contribution in [3.05, 3.63) is 0 Å². The van der Waals surface area contributed by atoms with Gasteiger partial charge in [-0.2, -0.15) is 0 Å². The van der Waals surface area contributed by atoms with Crippen LogP contribution in [-0.4, -0.2) is 81.1 Å². The summed E-state index contributed by atoms with van der Waals surface area (Å²) < 4.78 is 5.13. The summed E-state index contributed by atoms with van der Waals surface area (Å²) >= 11 is 0. The molecule has 0 radical (unpaired) electrons. The van der Waals surface area contributed by atoms with Gasteiger partial charge < -0.3 is 35.6 Å². The van der Waals surface area contributed by atoms with Crippen molar-refractivity contribution < 1.29 is 39.9 Å². The van der Waals surface area contributed by atoms with Gasteiger partial charge in [-0.05, 0) is 0 Å². The summed E-state index contributed by atoms with van der Waals surface area (Å²) in [4.78, 5) is 21.8. The van der Waals surface area contributed by atoms with Crippen molar-refractivity contribution in [2.75, 3.05) is 13.2 Å². The Morgan fingerprint density at radius 3 is 2.10 bits per heavy atom. The van der Waals surface area contributed by atoms with Gasteiger partial charge in [-0.1, -0.05) is 0 Å². The summed E-state index contributed by atoms with van der Waals surface area (Å²) in [7, 11) is 0. The highest BCUT2D eigenvalue weighted by molar-refractivity contribution is 5.73. The van der Waals surface area contributed by atoms with Gasteiger partial charge in [0.2, 0.25) is 5.91 Å². The van der Waals surface area contributed by atoms with Crippen LogP contribution in [0.15, 0.2) is 0 Å². The lowest BCUT2D eigenvalue weighted by atomic mass is 9.78. The Hall–Kier alpha value is -1.26. The largest absolute Gasteiger partial charge is 0.481 e. The van der Waals surface area contributed by atoms with Crippen LogP contribution in [0.1, 0.15) is 6.92 Å². The Labute approximate surface area is 114 Å². The van der Waals surface area contributed by atoms with Crippen LogP contribution in [0.25, 0.3) is 0 Å². The van der Waals surface area contributed by atoms with Crippen LogP contribution in [0.4, 0.5) is 0 Å². The van der Waals surface area contributed by atoms with Gasteiger partial charge in [0.25, 0.3) is 0 Å². The van der Waals surface area contributed by atoms with Gasteiger partial charge in [-0.3, -0.25) is 9.59 Å². The minimum Gasteiger partial charge on any atom is -0.481 e. The number of carboxylic acids is 1. The van der Waals surface area contributed by atoms with E-state index in [4.69, 9.17) is 9.84 Å². The number of hydrogen-bond acceptors (Lipinski definition) is 7. The number of carbonyl (C=O) groups excluding carboxylic acids is 1. The lowest BCUT2D eigenvalue weighted by Crippen LogP contribution is -2.63. The summed E-state index contributed by atoms with van der Waals surface area (Å²) in [6, 6.07) is 0. The van der Waals surface area contributed by atoms with Gasteiger partial charge in [0.15, 0.2) is 0 Å². The second-order valence-electron chi connectivity index (χ2n) is 4.64. The first-order chi connectivity index (χ1) is 9.27. The van der Waals surface area contributed by atoms with Crippen LogP contribution in [0, 0.1) is 5.92 Å². The van der Waals surface area contributed by atoms with E-state index < -0.39 is 42.4 Å². The molecule has 1 fully saturated rings. The molecular formula is C11H19NO8. The van der Waals surface area contributed by atoms with Gasteiger partial charge in [0, 0.05) is 13.5 Å². The smallest absolute Gasteiger partial charge is 0.312 e. The molecule has 0 spiro atoms. The van der Waals surface area contributed by atoms with Crippen LogP contribution in [0.2, 0.25) is 0 Å². The standard InChI is InChI=1S/C11H19NO8/c1-4(13)12-2-3-20-10-5(11(18)19)6(14)7(15)8(16)9(10)17/h5-10,14-17H,2-3H2,1H3,(H,12,13)(H,18,19)/t5-,6+,7-,8-,9+,10+/m0/s1. The maximum absolute atomic E-state index is 11.1. The van der Waals surface area contributed by atoms with Gasteiger partial charge in [0.05, 0.1) is 12.7 Å². The molecule has 9 heteroatoms. The average molecular weight is 293 g/mol. The molecule has 1 saturated carbocycles. The fourth-order valence-electron chi connectivity index (χ4n) is 2.13. The third-order valence-electron chi connectivity index (χ3n) is 3.18. The third-order valence-corrected chi connectivity index (χ3v) is 3.18. The Morgan fingerprint density at radius 2 is 1.60 bits per heavy atom. The molecule has 1 rings (SSSR count). The molecule has 6 atom stereocenters.